The number of hydrogen-bond acceptors (Lipinski definition) is 6. The van der Waals surface area contributed by atoms with Gasteiger partial charge in [0.25, 0.3) is 5.91 Å². The number of carbonyl (C=O) groups is 1. The highest BCUT2D eigenvalue weighted by atomic mass is 16.5. The Morgan fingerprint density at radius 3 is 2.19 bits per heavy atom. The van der Waals surface area contributed by atoms with Gasteiger partial charge in [-0.1, -0.05) is 12.1 Å². The van der Waals surface area contributed by atoms with Gasteiger partial charge in [-0.2, -0.15) is 5.10 Å². The summed E-state index contributed by atoms with van der Waals surface area (Å²) < 4.78 is 10.3. The van der Waals surface area contributed by atoms with Crippen molar-refractivity contribution in [2.45, 2.75) is 25.4 Å². The van der Waals surface area contributed by atoms with Crippen molar-refractivity contribution in [2.24, 2.45) is 5.10 Å². The van der Waals surface area contributed by atoms with Crippen molar-refractivity contribution in [3.05, 3.63) is 59.7 Å². The number of amides is 1. The number of carbonyl (C=O) groups excluding carboxylic acids is 1. The summed E-state index contributed by atoms with van der Waals surface area (Å²) >= 11 is 0. The highest BCUT2D eigenvalue weighted by Crippen LogP contribution is 2.24. The lowest BCUT2D eigenvalue weighted by Gasteiger charge is -2.10. The van der Waals surface area contributed by atoms with E-state index in [-0.39, 0.29) is 18.0 Å². The van der Waals surface area contributed by atoms with Crippen molar-refractivity contribution in [2.75, 3.05) is 14.2 Å². The molecule has 142 valence electrons. The molecule has 2 aromatic rings. The molecular weight excluding hydrogens is 344 g/mol. The average molecular weight is 368 g/mol. The van der Waals surface area contributed by atoms with E-state index in [1.165, 1.54) is 0 Å². The maximum Gasteiger partial charge on any atom is 0.258 e. The summed E-state index contributed by atoms with van der Waals surface area (Å²) in [5.41, 5.74) is 11.6. The van der Waals surface area contributed by atoms with Gasteiger partial charge in [-0.15, -0.1) is 0 Å². The first-order chi connectivity index (χ1) is 13.1. The van der Waals surface area contributed by atoms with E-state index >= 15 is 0 Å². The van der Waals surface area contributed by atoms with Gasteiger partial charge >= 0.3 is 0 Å². The number of hydrazine groups is 1. The van der Waals surface area contributed by atoms with Crippen LogP contribution in [0.1, 0.15) is 30.5 Å². The summed E-state index contributed by atoms with van der Waals surface area (Å²) in [6, 6.07) is 15.0. The van der Waals surface area contributed by atoms with E-state index in [1.54, 1.807) is 14.2 Å². The van der Waals surface area contributed by atoms with E-state index in [1.807, 2.05) is 55.5 Å². The van der Waals surface area contributed by atoms with Gasteiger partial charge in [0.2, 0.25) is 0 Å². The van der Waals surface area contributed by atoms with Crippen molar-refractivity contribution >= 4 is 11.6 Å². The number of ether oxygens (including phenoxy) is 2. The minimum atomic E-state index is -0.357. The largest absolute Gasteiger partial charge is 0.497 e. The second kappa shape index (κ2) is 8.66. The standard InChI is InChI=1S/C20H24N4O3/c1-13(14-4-8-16(26-2)9-5-14)21-24-20(25)19-12-18(22-23-19)15-6-10-17(27-3)11-7-15/h4-11,18-19,22-23H,12H2,1-3H3,(H,24,25)/b21-13-. The summed E-state index contributed by atoms with van der Waals surface area (Å²) in [7, 11) is 3.26. The van der Waals surface area contributed by atoms with Gasteiger partial charge in [0.15, 0.2) is 0 Å². The lowest BCUT2D eigenvalue weighted by Crippen LogP contribution is -2.41. The van der Waals surface area contributed by atoms with Gasteiger partial charge in [-0.3, -0.25) is 4.79 Å². The molecule has 2 unspecified atom stereocenters. The normalized spacial score (nSPS) is 19.6. The first-order valence-electron chi connectivity index (χ1n) is 8.74. The summed E-state index contributed by atoms with van der Waals surface area (Å²) in [6.07, 6.45) is 0.634. The molecular formula is C20H24N4O3. The predicted molar refractivity (Wildman–Crippen MR) is 104 cm³/mol. The van der Waals surface area contributed by atoms with E-state index in [4.69, 9.17) is 9.47 Å². The molecule has 0 bridgehead atoms. The highest BCUT2D eigenvalue weighted by molar-refractivity contribution is 5.99. The van der Waals surface area contributed by atoms with Crippen LogP contribution in [0.4, 0.5) is 0 Å². The van der Waals surface area contributed by atoms with Crippen LogP contribution in [-0.2, 0) is 4.79 Å². The van der Waals surface area contributed by atoms with Crippen LogP contribution in [0.15, 0.2) is 53.6 Å². The minimum absolute atomic E-state index is 0.0540. The molecule has 1 fully saturated rings. The van der Waals surface area contributed by atoms with Gasteiger partial charge < -0.3 is 9.47 Å². The third-order valence-electron chi connectivity index (χ3n) is 4.58. The third kappa shape index (κ3) is 4.64. The van der Waals surface area contributed by atoms with Crippen molar-refractivity contribution in [1.29, 1.82) is 0 Å². The van der Waals surface area contributed by atoms with Gasteiger partial charge in [0.05, 0.1) is 19.9 Å². The topological polar surface area (TPSA) is 84.0 Å². The molecule has 1 aliphatic rings. The molecule has 0 aliphatic carbocycles. The fraction of sp³-hybridized carbons (Fsp3) is 0.300. The van der Waals surface area contributed by atoms with Crippen molar-refractivity contribution in [3.8, 4) is 11.5 Å². The maximum atomic E-state index is 12.4. The summed E-state index contributed by atoms with van der Waals surface area (Å²) in [5, 5.41) is 4.21. The molecule has 0 aromatic heterocycles. The molecule has 1 aliphatic heterocycles. The predicted octanol–water partition coefficient (Wildman–Crippen LogP) is 2.15. The van der Waals surface area contributed by atoms with E-state index in [0.717, 1.165) is 28.3 Å². The van der Waals surface area contributed by atoms with Gasteiger partial charge in [-0.05, 0) is 60.9 Å². The lowest BCUT2D eigenvalue weighted by atomic mass is 10.0. The molecule has 3 N–H and O–H groups in total. The van der Waals surface area contributed by atoms with Crippen LogP contribution in [0.3, 0.4) is 0 Å². The number of methoxy groups -OCH3 is 2. The number of hydrazone groups is 1. The van der Waals surface area contributed by atoms with E-state index < -0.39 is 0 Å². The molecule has 0 spiro atoms. The van der Waals surface area contributed by atoms with Crippen LogP contribution < -0.4 is 25.8 Å². The van der Waals surface area contributed by atoms with Crippen molar-refractivity contribution < 1.29 is 14.3 Å². The number of benzene rings is 2. The third-order valence-corrected chi connectivity index (χ3v) is 4.58. The van der Waals surface area contributed by atoms with Crippen LogP contribution in [0.2, 0.25) is 0 Å². The summed E-state index contributed by atoms with van der Waals surface area (Å²) in [6.45, 7) is 1.85. The van der Waals surface area contributed by atoms with Gasteiger partial charge in [-0.25, -0.2) is 16.3 Å². The molecule has 2 aromatic carbocycles. The van der Waals surface area contributed by atoms with Crippen LogP contribution in [-0.4, -0.2) is 31.9 Å². The number of hydrogen-bond donors (Lipinski definition) is 3. The van der Waals surface area contributed by atoms with E-state index in [9.17, 15) is 4.79 Å². The highest BCUT2D eigenvalue weighted by Gasteiger charge is 2.30. The van der Waals surface area contributed by atoms with E-state index in [2.05, 4.69) is 21.4 Å². The molecule has 2 atom stereocenters. The summed E-state index contributed by atoms with van der Waals surface area (Å²) in [4.78, 5) is 12.4. The van der Waals surface area contributed by atoms with Gasteiger partial charge in [0, 0.05) is 6.04 Å². The Morgan fingerprint density at radius 2 is 1.59 bits per heavy atom. The number of nitrogens with one attached hydrogen (secondary N) is 3. The van der Waals surface area contributed by atoms with Crippen molar-refractivity contribution in [1.82, 2.24) is 16.3 Å². The zero-order valence-corrected chi connectivity index (χ0v) is 15.7. The van der Waals surface area contributed by atoms with Crippen LogP contribution >= 0.6 is 0 Å². The maximum absolute atomic E-state index is 12.4. The Bertz CT molecular complexity index is 803. The fourth-order valence-corrected chi connectivity index (χ4v) is 2.90. The molecule has 0 saturated carbocycles. The number of nitrogens with zero attached hydrogens (tertiary/aromatic N) is 1. The van der Waals surface area contributed by atoms with E-state index in [0.29, 0.717) is 6.42 Å². The van der Waals surface area contributed by atoms with Crippen LogP contribution in [0.25, 0.3) is 0 Å². The Hall–Kier alpha value is -2.90. The van der Waals surface area contributed by atoms with Gasteiger partial charge in [0.1, 0.15) is 17.5 Å². The Kier molecular flexibility index (Phi) is 6.05. The fourth-order valence-electron chi connectivity index (χ4n) is 2.90. The Labute approximate surface area is 158 Å². The Morgan fingerprint density at radius 1 is 1.00 bits per heavy atom. The zero-order chi connectivity index (χ0) is 19.2. The molecule has 3 rings (SSSR count). The quantitative estimate of drug-likeness (QED) is 0.537. The Balaban J connectivity index is 1.56. The zero-order valence-electron chi connectivity index (χ0n) is 15.7. The molecule has 27 heavy (non-hydrogen) atoms. The molecule has 7 heteroatoms. The lowest BCUT2D eigenvalue weighted by molar-refractivity contribution is -0.122. The average Bonchev–Trinajstić information content (AvgIpc) is 3.22. The number of rotatable bonds is 6. The second-order valence-electron chi connectivity index (χ2n) is 6.30. The van der Waals surface area contributed by atoms with Crippen LogP contribution in [0, 0.1) is 0 Å². The summed E-state index contributed by atoms with van der Waals surface area (Å²) in [5.74, 6) is 1.41. The minimum Gasteiger partial charge on any atom is -0.497 e. The first-order valence-corrected chi connectivity index (χ1v) is 8.74. The monoisotopic (exact) mass is 368 g/mol. The van der Waals surface area contributed by atoms with Crippen molar-refractivity contribution in [3.63, 3.8) is 0 Å². The van der Waals surface area contributed by atoms with Crippen LogP contribution in [0.5, 0.6) is 11.5 Å². The second-order valence-corrected chi connectivity index (χ2v) is 6.30. The first kappa shape index (κ1) is 18.9. The molecule has 1 amide bonds. The smallest absolute Gasteiger partial charge is 0.258 e. The molecule has 1 heterocycles. The molecule has 1 saturated heterocycles. The molecule has 7 nitrogen and oxygen atoms in total. The SMILES string of the molecule is COc1ccc(/C(C)=N\NC(=O)C2CC(c3ccc(OC)cc3)NN2)cc1. The molecule has 0 radical (unpaired) electrons.